The van der Waals surface area contributed by atoms with Crippen LogP contribution in [-0.2, 0) is 10.0 Å². The molecular formula is C15H21NO4S. The molecule has 2 rings (SSSR count). The van der Waals surface area contributed by atoms with Crippen molar-refractivity contribution in [2.75, 3.05) is 13.1 Å². The zero-order valence-corrected chi connectivity index (χ0v) is 13.0. The van der Waals surface area contributed by atoms with Gasteiger partial charge in [-0.15, -0.1) is 0 Å². The lowest BCUT2D eigenvalue weighted by molar-refractivity contribution is 0.0696. The minimum Gasteiger partial charge on any atom is -0.478 e. The molecule has 6 heteroatoms. The topological polar surface area (TPSA) is 74.7 Å². The second kappa shape index (κ2) is 6.58. The molecule has 0 atom stereocenters. The van der Waals surface area contributed by atoms with Crippen molar-refractivity contribution in [2.45, 2.75) is 37.5 Å². The lowest BCUT2D eigenvalue weighted by atomic mass is 9.94. The van der Waals surface area contributed by atoms with E-state index in [-0.39, 0.29) is 10.5 Å². The predicted octanol–water partition coefficient (Wildman–Crippen LogP) is 2.59. The Morgan fingerprint density at radius 3 is 2.57 bits per heavy atom. The first kappa shape index (κ1) is 16.0. The van der Waals surface area contributed by atoms with Gasteiger partial charge in [-0.3, -0.25) is 0 Å². The molecule has 5 nitrogen and oxygen atoms in total. The Hall–Kier alpha value is -1.40. The van der Waals surface area contributed by atoms with Crippen LogP contribution in [0.4, 0.5) is 0 Å². The fraction of sp³-hybridized carbons (Fsp3) is 0.533. The maximum absolute atomic E-state index is 12.6. The van der Waals surface area contributed by atoms with E-state index in [0.29, 0.717) is 19.0 Å². The van der Waals surface area contributed by atoms with Crippen molar-refractivity contribution in [1.82, 2.24) is 4.31 Å². The van der Waals surface area contributed by atoms with Gasteiger partial charge in [-0.25, -0.2) is 13.2 Å². The summed E-state index contributed by atoms with van der Waals surface area (Å²) in [6, 6.07) is 5.56. The van der Waals surface area contributed by atoms with Crippen LogP contribution in [0.1, 0.15) is 43.0 Å². The number of carboxylic acids is 1. The zero-order valence-electron chi connectivity index (χ0n) is 12.2. The molecule has 21 heavy (non-hydrogen) atoms. The van der Waals surface area contributed by atoms with Crippen molar-refractivity contribution >= 4 is 16.0 Å². The van der Waals surface area contributed by atoms with Gasteiger partial charge < -0.3 is 5.11 Å². The molecule has 0 unspecified atom stereocenters. The van der Waals surface area contributed by atoms with Crippen LogP contribution in [0.3, 0.4) is 0 Å². The van der Waals surface area contributed by atoms with Crippen molar-refractivity contribution in [2.24, 2.45) is 5.92 Å². The fourth-order valence-corrected chi connectivity index (χ4v) is 4.30. The van der Waals surface area contributed by atoms with Gasteiger partial charge in [-0.05, 0) is 37.0 Å². The van der Waals surface area contributed by atoms with E-state index in [2.05, 4.69) is 6.92 Å². The first-order chi connectivity index (χ1) is 9.95. The molecule has 1 saturated heterocycles. The van der Waals surface area contributed by atoms with Crippen LogP contribution in [0, 0.1) is 5.92 Å². The summed E-state index contributed by atoms with van der Waals surface area (Å²) < 4.78 is 26.6. The van der Waals surface area contributed by atoms with Gasteiger partial charge in [0.05, 0.1) is 10.5 Å². The highest BCUT2D eigenvalue weighted by Crippen LogP contribution is 2.26. The molecule has 1 fully saturated rings. The van der Waals surface area contributed by atoms with E-state index in [9.17, 15) is 13.2 Å². The SMILES string of the molecule is CCCC1CCN(S(=O)(=O)c2cccc(C(=O)O)c2)CC1. The molecule has 116 valence electrons. The number of nitrogens with zero attached hydrogens (tertiary/aromatic N) is 1. The average Bonchev–Trinajstić information content (AvgIpc) is 2.48. The molecule has 1 heterocycles. The summed E-state index contributed by atoms with van der Waals surface area (Å²) in [5, 5.41) is 8.97. The number of hydrogen-bond donors (Lipinski definition) is 1. The molecule has 0 spiro atoms. The van der Waals surface area contributed by atoms with Crippen molar-refractivity contribution in [1.29, 1.82) is 0 Å². The van der Waals surface area contributed by atoms with Crippen LogP contribution in [0.25, 0.3) is 0 Å². The van der Waals surface area contributed by atoms with Crippen molar-refractivity contribution in [3.8, 4) is 0 Å². The molecule has 0 aliphatic carbocycles. The second-order valence-electron chi connectivity index (χ2n) is 5.47. The Balaban J connectivity index is 2.16. The third kappa shape index (κ3) is 3.63. The molecule has 0 saturated carbocycles. The molecule has 0 bridgehead atoms. The molecule has 1 aromatic rings. The number of rotatable bonds is 5. The molecule has 0 radical (unpaired) electrons. The Labute approximate surface area is 125 Å². The molecular weight excluding hydrogens is 290 g/mol. The van der Waals surface area contributed by atoms with E-state index in [1.165, 1.54) is 28.6 Å². The number of carboxylic acid groups (broad SMARTS) is 1. The Morgan fingerprint density at radius 2 is 2.00 bits per heavy atom. The summed E-state index contributed by atoms with van der Waals surface area (Å²) >= 11 is 0. The van der Waals surface area contributed by atoms with Crippen LogP contribution >= 0.6 is 0 Å². The summed E-state index contributed by atoms with van der Waals surface area (Å²) in [4.78, 5) is 11.0. The summed E-state index contributed by atoms with van der Waals surface area (Å²) in [7, 11) is -3.59. The Morgan fingerprint density at radius 1 is 1.33 bits per heavy atom. The summed E-state index contributed by atoms with van der Waals surface area (Å²) in [5.74, 6) is -0.513. The van der Waals surface area contributed by atoms with Gasteiger partial charge in [0, 0.05) is 13.1 Å². The normalized spacial score (nSPS) is 17.8. The maximum Gasteiger partial charge on any atom is 0.335 e. The minimum absolute atomic E-state index is 0.00283. The molecule has 1 aliphatic rings. The van der Waals surface area contributed by atoms with E-state index in [1.54, 1.807) is 0 Å². The van der Waals surface area contributed by atoms with E-state index < -0.39 is 16.0 Å². The van der Waals surface area contributed by atoms with Gasteiger partial charge in [0.2, 0.25) is 10.0 Å². The third-order valence-corrected chi connectivity index (χ3v) is 5.88. The second-order valence-corrected chi connectivity index (χ2v) is 7.41. The highest BCUT2D eigenvalue weighted by Gasteiger charge is 2.29. The van der Waals surface area contributed by atoms with Gasteiger partial charge in [0.1, 0.15) is 0 Å². The van der Waals surface area contributed by atoms with Crippen LogP contribution in [0.2, 0.25) is 0 Å². The summed E-state index contributed by atoms with van der Waals surface area (Å²) in [6.07, 6.45) is 4.03. The molecule has 1 aromatic carbocycles. The first-order valence-corrected chi connectivity index (χ1v) is 8.72. The number of hydrogen-bond acceptors (Lipinski definition) is 3. The number of sulfonamides is 1. The monoisotopic (exact) mass is 311 g/mol. The van der Waals surface area contributed by atoms with Crippen molar-refractivity contribution in [3.63, 3.8) is 0 Å². The smallest absolute Gasteiger partial charge is 0.335 e. The lowest BCUT2D eigenvalue weighted by Gasteiger charge is -2.31. The van der Waals surface area contributed by atoms with E-state index >= 15 is 0 Å². The minimum atomic E-state index is -3.59. The molecule has 0 amide bonds. The standard InChI is InChI=1S/C15H21NO4S/c1-2-4-12-7-9-16(10-8-12)21(19,20)14-6-3-5-13(11-14)15(17)18/h3,5-6,11-12H,2,4,7-10H2,1H3,(H,17,18). The quantitative estimate of drug-likeness (QED) is 0.907. The average molecular weight is 311 g/mol. The van der Waals surface area contributed by atoms with Crippen molar-refractivity contribution in [3.05, 3.63) is 29.8 Å². The fourth-order valence-electron chi connectivity index (χ4n) is 2.79. The maximum atomic E-state index is 12.6. The van der Waals surface area contributed by atoms with Gasteiger partial charge >= 0.3 is 5.97 Å². The summed E-state index contributed by atoms with van der Waals surface area (Å²) in [5.41, 5.74) is -0.00283. The highest BCUT2D eigenvalue weighted by atomic mass is 32.2. The molecule has 1 aliphatic heterocycles. The molecule has 1 N–H and O–H groups in total. The van der Waals surface area contributed by atoms with E-state index in [0.717, 1.165) is 25.7 Å². The predicted molar refractivity (Wildman–Crippen MR) is 79.8 cm³/mol. The Kier molecular flexibility index (Phi) is 5.00. The zero-order chi connectivity index (χ0) is 15.5. The van der Waals surface area contributed by atoms with Crippen LogP contribution < -0.4 is 0 Å². The first-order valence-electron chi connectivity index (χ1n) is 7.28. The van der Waals surface area contributed by atoms with E-state index in [4.69, 9.17) is 5.11 Å². The van der Waals surface area contributed by atoms with Gasteiger partial charge in [0.15, 0.2) is 0 Å². The molecule has 0 aromatic heterocycles. The van der Waals surface area contributed by atoms with Crippen LogP contribution in [0.5, 0.6) is 0 Å². The third-order valence-electron chi connectivity index (χ3n) is 3.99. The van der Waals surface area contributed by atoms with Gasteiger partial charge in [0.25, 0.3) is 0 Å². The largest absolute Gasteiger partial charge is 0.478 e. The highest BCUT2D eigenvalue weighted by molar-refractivity contribution is 7.89. The number of carbonyl (C=O) groups is 1. The van der Waals surface area contributed by atoms with Gasteiger partial charge in [-0.1, -0.05) is 25.8 Å². The van der Waals surface area contributed by atoms with Gasteiger partial charge in [-0.2, -0.15) is 4.31 Å². The van der Waals surface area contributed by atoms with Crippen LogP contribution in [0.15, 0.2) is 29.2 Å². The lowest BCUT2D eigenvalue weighted by Crippen LogP contribution is -2.38. The number of aromatic carboxylic acids is 1. The van der Waals surface area contributed by atoms with Crippen LogP contribution in [-0.4, -0.2) is 36.9 Å². The van der Waals surface area contributed by atoms with E-state index in [1.807, 2.05) is 0 Å². The van der Waals surface area contributed by atoms with Crippen molar-refractivity contribution < 1.29 is 18.3 Å². The number of benzene rings is 1. The Bertz CT molecular complexity index is 604. The summed E-state index contributed by atoms with van der Waals surface area (Å²) in [6.45, 7) is 3.18. The number of piperidine rings is 1.